The summed E-state index contributed by atoms with van der Waals surface area (Å²) < 4.78 is 0. The van der Waals surface area contributed by atoms with Crippen molar-refractivity contribution in [2.45, 2.75) is 39.5 Å². The van der Waals surface area contributed by atoms with Crippen molar-refractivity contribution >= 4 is 5.97 Å². The van der Waals surface area contributed by atoms with E-state index in [9.17, 15) is 4.79 Å². The summed E-state index contributed by atoms with van der Waals surface area (Å²) in [6.07, 6.45) is 3.50. The van der Waals surface area contributed by atoms with E-state index in [0.717, 1.165) is 24.8 Å². The van der Waals surface area contributed by atoms with Gasteiger partial charge in [-0.2, -0.15) is 0 Å². The number of carbonyl (C=O) groups is 1. The van der Waals surface area contributed by atoms with Crippen LogP contribution in [0.1, 0.15) is 39.5 Å². The molecule has 0 spiro atoms. The van der Waals surface area contributed by atoms with Gasteiger partial charge in [0, 0.05) is 0 Å². The highest BCUT2D eigenvalue weighted by Crippen LogP contribution is 2.44. The van der Waals surface area contributed by atoms with Crippen LogP contribution in [0, 0.1) is 11.3 Å². The van der Waals surface area contributed by atoms with Crippen LogP contribution in [0.5, 0.6) is 0 Å². The first-order valence-corrected chi connectivity index (χ1v) is 4.87. The zero-order valence-electron chi connectivity index (χ0n) is 8.47. The Morgan fingerprint density at radius 1 is 1.77 bits per heavy atom. The molecule has 74 valence electrons. The van der Waals surface area contributed by atoms with Gasteiger partial charge in [-0.15, -0.1) is 0 Å². The molecule has 2 atom stereocenters. The minimum Gasteiger partial charge on any atom is -0.481 e. The second kappa shape index (κ2) is 3.52. The molecule has 2 nitrogen and oxygen atoms in total. The predicted molar refractivity (Wildman–Crippen MR) is 52.5 cm³/mol. The molecule has 0 aromatic heterocycles. The minimum absolute atomic E-state index is 0.163. The Morgan fingerprint density at radius 3 is 2.92 bits per heavy atom. The van der Waals surface area contributed by atoms with Crippen LogP contribution in [0.2, 0.25) is 0 Å². The SMILES string of the molecule is C=C1[C@H](C)CCC[C@]1(C)CC(=O)O. The average molecular weight is 182 g/mol. The van der Waals surface area contributed by atoms with E-state index in [0.29, 0.717) is 5.92 Å². The monoisotopic (exact) mass is 182 g/mol. The zero-order chi connectivity index (χ0) is 10.1. The number of carboxylic acids is 1. The summed E-state index contributed by atoms with van der Waals surface area (Å²) in [6, 6.07) is 0. The Kier molecular flexibility index (Phi) is 2.79. The third kappa shape index (κ3) is 2.11. The molecular weight excluding hydrogens is 164 g/mol. The lowest BCUT2D eigenvalue weighted by Crippen LogP contribution is -2.29. The van der Waals surface area contributed by atoms with Gasteiger partial charge in [-0.05, 0) is 24.2 Å². The van der Waals surface area contributed by atoms with Crippen LogP contribution in [0.25, 0.3) is 0 Å². The van der Waals surface area contributed by atoms with Crippen molar-refractivity contribution in [2.75, 3.05) is 0 Å². The maximum Gasteiger partial charge on any atom is 0.304 e. The van der Waals surface area contributed by atoms with Gasteiger partial charge in [0.25, 0.3) is 0 Å². The fourth-order valence-corrected chi connectivity index (χ4v) is 2.26. The third-order valence-corrected chi connectivity index (χ3v) is 3.28. The largest absolute Gasteiger partial charge is 0.481 e. The average Bonchev–Trinajstić information content (AvgIpc) is 1.99. The Balaban J connectivity index is 2.75. The van der Waals surface area contributed by atoms with Gasteiger partial charge in [0.15, 0.2) is 0 Å². The molecule has 0 saturated heterocycles. The standard InChI is InChI=1S/C11H18O2/c1-8-5-4-6-11(3,9(8)2)7-10(12)13/h8H,2,4-7H2,1,3H3,(H,12,13)/t8-,11-/m1/s1. The Labute approximate surface area is 79.6 Å². The molecule has 2 heteroatoms. The molecule has 0 heterocycles. The van der Waals surface area contributed by atoms with Gasteiger partial charge in [0.2, 0.25) is 0 Å². The van der Waals surface area contributed by atoms with E-state index in [-0.39, 0.29) is 11.8 Å². The topological polar surface area (TPSA) is 37.3 Å². The molecule has 13 heavy (non-hydrogen) atoms. The van der Waals surface area contributed by atoms with Gasteiger partial charge in [-0.3, -0.25) is 4.79 Å². The minimum atomic E-state index is -0.710. The van der Waals surface area contributed by atoms with Crippen molar-refractivity contribution in [3.8, 4) is 0 Å². The molecule has 0 amide bonds. The summed E-state index contributed by atoms with van der Waals surface area (Å²) in [4.78, 5) is 10.7. The van der Waals surface area contributed by atoms with E-state index in [1.54, 1.807) is 0 Å². The van der Waals surface area contributed by atoms with E-state index in [1.807, 2.05) is 6.92 Å². The van der Waals surface area contributed by atoms with Gasteiger partial charge in [0.05, 0.1) is 6.42 Å². The highest BCUT2D eigenvalue weighted by atomic mass is 16.4. The first-order chi connectivity index (χ1) is 5.96. The first kappa shape index (κ1) is 10.3. The smallest absolute Gasteiger partial charge is 0.304 e. The normalized spacial score (nSPS) is 34.6. The van der Waals surface area contributed by atoms with Crippen LogP contribution in [-0.2, 0) is 4.79 Å². The maximum atomic E-state index is 10.7. The summed E-state index contributed by atoms with van der Waals surface area (Å²) in [5, 5.41) is 8.79. The summed E-state index contributed by atoms with van der Waals surface area (Å²) >= 11 is 0. The number of allylic oxidation sites excluding steroid dienone is 1. The Bertz CT molecular complexity index is 232. The number of hydrogen-bond acceptors (Lipinski definition) is 1. The molecule has 1 N–H and O–H groups in total. The fourth-order valence-electron chi connectivity index (χ4n) is 2.26. The van der Waals surface area contributed by atoms with Crippen LogP contribution >= 0.6 is 0 Å². The van der Waals surface area contributed by atoms with Crippen molar-refractivity contribution in [1.29, 1.82) is 0 Å². The van der Waals surface area contributed by atoms with E-state index in [1.165, 1.54) is 0 Å². The summed E-state index contributed by atoms with van der Waals surface area (Å²) in [7, 11) is 0. The zero-order valence-corrected chi connectivity index (χ0v) is 8.47. The molecule has 1 aliphatic rings. The molecule has 1 rings (SSSR count). The van der Waals surface area contributed by atoms with Crippen LogP contribution < -0.4 is 0 Å². The molecule has 0 unspecified atom stereocenters. The van der Waals surface area contributed by atoms with Gasteiger partial charge >= 0.3 is 5.97 Å². The first-order valence-electron chi connectivity index (χ1n) is 4.87. The Hall–Kier alpha value is -0.790. The number of rotatable bonds is 2. The fraction of sp³-hybridized carbons (Fsp3) is 0.727. The molecule has 1 fully saturated rings. The Morgan fingerprint density at radius 2 is 2.38 bits per heavy atom. The molecular formula is C11H18O2. The van der Waals surface area contributed by atoms with E-state index < -0.39 is 5.97 Å². The van der Waals surface area contributed by atoms with Crippen LogP contribution in [-0.4, -0.2) is 11.1 Å². The lowest BCUT2D eigenvalue weighted by molar-refractivity contribution is -0.139. The van der Waals surface area contributed by atoms with Crippen molar-refractivity contribution in [2.24, 2.45) is 11.3 Å². The molecule has 0 aliphatic heterocycles. The van der Waals surface area contributed by atoms with Gasteiger partial charge in [-0.1, -0.05) is 32.4 Å². The van der Waals surface area contributed by atoms with Crippen molar-refractivity contribution in [1.82, 2.24) is 0 Å². The number of aliphatic carboxylic acids is 1. The summed E-state index contributed by atoms with van der Waals surface area (Å²) in [6.45, 7) is 8.21. The molecule has 0 bridgehead atoms. The van der Waals surface area contributed by atoms with Crippen molar-refractivity contribution in [3.63, 3.8) is 0 Å². The molecule has 0 aromatic carbocycles. The van der Waals surface area contributed by atoms with Crippen LogP contribution in [0.4, 0.5) is 0 Å². The van der Waals surface area contributed by atoms with Gasteiger partial charge in [-0.25, -0.2) is 0 Å². The van der Waals surface area contributed by atoms with Crippen LogP contribution in [0.3, 0.4) is 0 Å². The summed E-state index contributed by atoms with van der Waals surface area (Å²) in [5.41, 5.74) is 0.963. The van der Waals surface area contributed by atoms with E-state index >= 15 is 0 Å². The van der Waals surface area contributed by atoms with E-state index in [4.69, 9.17) is 5.11 Å². The van der Waals surface area contributed by atoms with Crippen molar-refractivity contribution < 1.29 is 9.90 Å². The third-order valence-electron chi connectivity index (χ3n) is 3.28. The second-order valence-corrected chi connectivity index (χ2v) is 4.45. The second-order valence-electron chi connectivity index (χ2n) is 4.45. The predicted octanol–water partition coefficient (Wildman–Crippen LogP) is 2.84. The van der Waals surface area contributed by atoms with Crippen LogP contribution in [0.15, 0.2) is 12.2 Å². The molecule has 1 saturated carbocycles. The van der Waals surface area contributed by atoms with E-state index in [2.05, 4.69) is 13.5 Å². The van der Waals surface area contributed by atoms with Gasteiger partial charge in [0.1, 0.15) is 0 Å². The maximum absolute atomic E-state index is 10.7. The summed E-state index contributed by atoms with van der Waals surface area (Å²) in [5.74, 6) is -0.226. The lowest BCUT2D eigenvalue weighted by Gasteiger charge is -2.38. The van der Waals surface area contributed by atoms with Crippen molar-refractivity contribution in [3.05, 3.63) is 12.2 Å². The molecule has 0 radical (unpaired) electrons. The highest BCUT2D eigenvalue weighted by molar-refractivity contribution is 5.68. The molecule has 0 aromatic rings. The van der Waals surface area contributed by atoms with Gasteiger partial charge < -0.3 is 5.11 Å². The number of hydrogen-bond donors (Lipinski definition) is 1. The number of carboxylic acid groups (broad SMARTS) is 1. The molecule has 1 aliphatic carbocycles. The highest BCUT2D eigenvalue weighted by Gasteiger charge is 2.35. The quantitative estimate of drug-likeness (QED) is 0.667. The lowest BCUT2D eigenvalue weighted by atomic mass is 9.66.